The molecule has 0 aromatic heterocycles. The van der Waals surface area contributed by atoms with E-state index in [1.54, 1.807) is 0 Å². The summed E-state index contributed by atoms with van der Waals surface area (Å²) in [6.45, 7) is 7.60. The first-order valence-corrected chi connectivity index (χ1v) is 15.5. The fraction of sp³-hybridized carbons (Fsp3) is 0.314. The highest BCUT2D eigenvalue weighted by atomic mass is 19.4. The van der Waals surface area contributed by atoms with Crippen LogP contribution in [-0.2, 0) is 31.2 Å². The number of alkyl halides is 12. The monoisotopic (exact) mass is 753 g/mol. The number of benzene rings is 4. The van der Waals surface area contributed by atoms with Crippen molar-refractivity contribution in [2.24, 2.45) is 0 Å². The lowest BCUT2D eigenvalue weighted by molar-refractivity contribution is -0.936. The van der Waals surface area contributed by atoms with E-state index in [-0.39, 0.29) is 29.4 Å². The second-order valence-corrected chi connectivity index (χ2v) is 11.2. The van der Waals surface area contributed by atoms with Crippen LogP contribution < -0.4 is 14.0 Å². The Morgan fingerprint density at radius 1 is 0.500 bits per heavy atom. The van der Waals surface area contributed by atoms with Gasteiger partial charge in [0.15, 0.2) is 0 Å². The molecular formula is C35H32BF12NO3. The van der Waals surface area contributed by atoms with Crippen molar-refractivity contribution in [3.63, 3.8) is 0 Å². The first-order chi connectivity index (χ1) is 24.1. The Balaban J connectivity index is 0.000000626. The van der Waals surface area contributed by atoms with E-state index in [0.717, 1.165) is 78.9 Å². The van der Waals surface area contributed by atoms with E-state index in [9.17, 15) is 52.7 Å². The maximum atomic E-state index is 13.6. The summed E-state index contributed by atoms with van der Waals surface area (Å²) in [4.78, 5) is 0. The summed E-state index contributed by atoms with van der Waals surface area (Å²) in [5, 5.41) is 0. The molecule has 282 valence electrons. The van der Waals surface area contributed by atoms with Crippen LogP contribution in [0.15, 0.2) is 91.0 Å². The third-order valence-electron chi connectivity index (χ3n) is 8.00. The third-order valence-corrected chi connectivity index (χ3v) is 8.00. The van der Waals surface area contributed by atoms with E-state index in [4.69, 9.17) is 14.0 Å². The number of nitrogens with zero attached hydrogens (tertiary/aromatic N) is 1. The van der Waals surface area contributed by atoms with Crippen LogP contribution in [0.5, 0.6) is 17.2 Å². The van der Waals surface area contributed by atoms with Gasteiger partial charge in [0.05, 0.1) is 36.3 Å². The van der Waals surface area contributed by atoms with Crippen LogP contribution in [0.25, 0.3) is 0 Å². The predicted octanol–water partition coefficient (Wildman–Crippen LogP) is 11.1. The summed E-state index contributed by atoms with van der Waals surface area (Å²) in [5.74, 6) is -0.381. The minimum atomic E-state index is -4.65. The average molecular weight is 753 g/mol. The van der Waals surface area contributed by atoms with Gasteiger partial charge >= 0.3 is 32.0 Å². The Hall–Kier alpha value is -4.54. The number of halogens is 12. The van der Waals surface area contributed by atoms with Crippen molar-refractivity contribution >= 4 is 7.32 Å². The molecule has 4 aromatic rings. The van der Waals surface area contributed by atoms with Gasteiger partial charge < -0.3 is 18.4 Å². The van der Waals surface area contributed by atoms with E-state index >= 15 is 0 Å². The summed E-state index contributed by atoms with van der Waals surface area (Å²) < 4.78 is 172. The van der Waals surface area contributed by atoms with Crippen LogP contribution in [0.3, 0.4) is 0 Å². The van der Waals surface area contributed by atoms with Gasteiger partial charge in [0.2, 0.25) is 0 Å². The summed E-state index contributed by atoms with van der Waals surface area (Å²) in [7, 11) is -1.80. The van der Waals surface area contributed by atoms with E-state index in [1.807, 2.05) is 20.8 Å². The number of rotatable bonds is 11. The molecule has 0 unspecified atom stereocenters. The zero-order valence-corrected chi connectivity index (χ0v) is 27.8. The van der Waals surface area contributed by atoms with Gasteiger partial charge in [-0.05, 0) is 87.5 Å². The lowest BCUT2D eigenvalue weighted by atomic mass is 10.1. The summed E-state index contributed by atoms with van der Waals surface area (Å²) >= 11 is 0. The van der Waals surface area contributed by atoms with Gasteiger partial charge in [-0.25, -0.2) is 0 Å². The molecule has 0 amide bonds. The molecule has 0 spiro atoms. The Kier molecular flexibility index (Phi) is 13.6. The Bertz CT molecular complexity index is 1620. The maximum Gasteiger partial charge on any atom is 0.864 e. The Labute approximate surface area is 292 Å². The second kappa shape index (κ2) is 16.9. The maximum absolute atomic E-state index is 13.6. The third kappa shape index (κ3) is 12.0. The minimum absolute atomic E-state index is 0.0651. The Morgan fingerprint density at radius 2 is 0.865 bits per heavy atom. The van der Waals surface area contributed by atoms with Gasteiger partial charge in [-0.3, -0.25) is 0 Å². The summed E-state index contributed by atoms with van der Waals surface area (Å²) in [6, 6.07) is 16.7. The average Bonchev–Trinajstić information content (AvgIpc) is 3.07. The predicted molar refractivity (Wildman–Crippen MR) is 168 cm³/mol. The van der Waals surface area contributed by atoms with Gasteiger partial charge in [-0.1, -0.05) is 5.56 Å². The topological polar surface area (TPSA) is 27.7 Å². The fourth-order valence-electron chi connectivity index (χ4n) is 4.78. The first kappa shape index (κ1) is 41.9. The molecule has 0 radical (unpaired) electrons. The molecular weight excluding hydrogens is 721 g/mol. The summed E-state index contributed by atoms with van der Waals surface area (Å²) in [6.07, 6.45) is -18.1. The lowest BCUT2D eigenvalue weighted by Crippen LogP contribution is -2.47. The molecule has 0 bridgehead atoms. The molecule has 0 aliphatic heterocycles. The molecule has 0 fully saturated rings. The van der Waals surface area contributed by atoms with Crippen LogP contribution in [0.2, 0.25) is 0 Å². The molecule has 0 atom stereocenters. The highest BCUT2D eigenvalue weighted by Crippen LogP contribution is 2.36. The smallest absolute Gasteiger partial charge is 0.490 e. The van der Waals surface area contributed by atoms with Crippen molar-refractivity contribution in [2.45, 2.75) is 52.0 Å². The summed E-state index contributed by atoms with van der Waals surface area (Å²) in [5.41, 5.74) is -3.32. The van der Waals surface area contributed by atoms with Crippen LogP contribution in [0.1, 0.15) is 48.6 Å². The molecule has 0 aliphatic carbocycles. The zero-order valence-electron chi connectivity index (χ0n) is 27.8. The van der Waals surface area contributed by atoms with Gasteiger partial charge in [-0.15, -0.1) is 0 Å². The lowest BCUT2D eigenvalue weighted by Gasteiger charge is -2.36. The standard InChI is InChI=1S/C28H28BF9NO3.C7H4F3/c1-4-39(5-2,6-3)18-19-17-22(28(36,37)38)11-16-25(19)42-29(40-23-12-7-20(8-13-23)26(30,31)32)41-24-14-9-21(10-15-24)27(33,34)35;8-7(9,10)6-4-2-1-3-5-6/h7-17H,4-6,18H2,1-3H3;2-5H/q+1;-1. The van der Waals surface area contributed by atoms with Crippen LogP contribution in [-0.4, -0.2) is 31.4 Å². The SMILES string of the molecule is CC[N+](CC)(CC)Cc1cc(C(F)(F)F)ccc1OB(Oc1ccc(C(F)(F)F)cc1)Oc1ccc(C(F)(F)F)cc1.FC(F)(F)c1cc[c-]cc1. The molecule has 0 saturated heterocycles. The Morgan fingerprint density at radius 3 is 1.21 bits per heavy atom. The molecule has 0 aliphatic rings. The largest absolute Gasteiger partial charge is 0.864 e. The molecule has 52 heavy (non-hydrogen) atoms. The van der Waals surface area contributed by atoms with Crippen LogP contribution in [0, 0.1) is 6.07 Å². The number of quaternary nitrogens is 1. The molecule has 0 heterocycles. The zero-order chi connectivity index (χ0) is 39.0. The highest BCUT2D eigenvalue weighted by Gasteiger charge is 2.37. The van der Waals surface area contributed by atoms with Crippen molar-refractivity contribution in [3.8, 4) is 17.2 Å². The van der Waals surface area contributed by atoms with Crippen molar-refractivity contribution in [2.75, 3.05) is 19.6 Å². The van der Waals surface area contributed by atoms with E-state index in [0.29, 0.717) is 24.1 Å². The number of hydrogen-bond donors (Lipinski definition) is 0. The molecule has 4 nitrogen and oxygen atoms in total. The van der Waals surface area contributed by atoms with E-state index < -0.39 is 54.3 Å². The van der Waals surface area contributed by atoms with Gasteiger partial charge in [0.1, 0.15) is 23.8 Å². The van der Waals surface area contributed by atoms with Crippen molar-refractivity contribution in [3.05, 3.63) is 125 Å². The van der Waals surface area contributed by atoms with Crippen LogP contribution in [0.4, 0.5) is 52.7 Å². The second-order valence-electron chi connectivity index (χ2n) is 11.2. The van der Waals surface area contributed by atoms with Crippen molar-refractivity contribution in [1.29, 1.82) is 0 Å². The molecule has 4 rings (SSSR count). The highest BCUT2D eigenvalue weighted by molar-refractivity contribution is 6.39. The first-order valence-electron chi connectivity index (χ1n) is 15.5. The minimum Gasteiger partial charge on any atom is -0.490 e. The molecule has 4 aromatic carbocycles. The molecule has 0 N–H and O–H groups in total. The van der Waals surface area contributed by atoms with Crippen LogP contribution >= 0.6 is 0 Å². The van der Waals surface area contributed by atoms with Gasteiger partial charge in [0, 0.05) is 5.56 Å². The number of hydrogen-bond acceptors (Lipinski definition) is 3. The fourth-order valence-corrected chi connectivity index (χ4v) is 4.78. The quantitative estimate of drug-likeness (QED) is 0.0661. The molecule has 0 saturated carbocycles. The molecule has 17 heteroatoms. The van der Waals surface area contributed by atoms with Crippen molar-refractivity contribution in [1.82, 2.24) is 0 Å². The van der Waals surface area contributed by atoms with Gasteiger partial charge in [0.25, 0.3) is 0 Å². The van der Waals surface area contributed by atoms with Gasteiger partial charge in [-0.2, -0.15) is 83.0 Å². The normalized spacial score (nSPS) is 12.4. The van der Waals surface area contributed by atoms with E-state index in [2.05, 4.69) is 6.07 Å². The van der Waals surface area contributed by atoms with E-state index in [1.165, 1.54) is 12.1 Å². The van der Waals surface area contributed by atoms with Crippen molar-refractivity contribution < 1.29 is 71.1 Å².